The third-order valence-electron chi connectivity index (χ3n) is 1.90. The minimum atomic E-state index is 0.00823. The highest BCUT2D eigenvalue weighted by molar-refractivity contribution is 9.11. The Bertz CT molecular complexity index is 397. The van der Waals surface area contributed by atoms with Gasteiger partial charge in [-0.05, 0) is 26.0 Å². The molecule has 0 N–H and O–H groups in total. The second kappa shape index (κ2) is 5.12. The summed E-state index contributed by atoms with van der Waals surface area (Å²) in [5, 5.41) is 0. The van der Waals surface area contributed by atoms with Gasteiger partial charge < -0.3 is 4.74 Å². The minimum absolute atomic E-state index is 0.00823. The average molecular weight is 269 g/mol. The number of carbonyl (C=O) groups is 1. The molecular formula is C12H13BrO2. The Morgan fingerprint density at radius 2 is 2.20 bits per heavy atom. The lowest BCUT2D eigenvalue weighted by atomic mass is 10.1. The van der Waals surface area contributed by atoms with E-state index in [1.807, 2.05) is 25.1 Å². The van der Waals surface area contributed by atoms with Gasteiger partial charge in [-0.25, -0.2) is 0 Å². The summed E-state index contributed by atoms with van der Waals surface area (Å²) in [5.41, 5.74) is 1.66. The van der Waals surface area contributed by atoms with Crippen LogP contribution >= 0.6 is 15.9 Å². The molecule has 0 amide bonds. The lowest BCUT2D eigenvalue weighted by molar-refractivity contribution is 0.101. The number of halogens is 1. The second-order valence-electron chi connectivity index (χ2n) is 3.36. The average Bonchev–Trinajstić information content (AvgIpc) is 2.15. The maximum Gasteiger partial charge on any atom is 0.163 e. The second-order valence-corrected chi connectivity index (χ2v) is 4.48. The fourth-order valence-electron chi connectivity index (χ4n) is 1.20. The summed E-state index contributed by atoms with van der Waals surface area (Å²) in [7, 11) is 0. The molecule has 0 radical (unpaired) electrons. The smallest absolute Gasteiger partial charge is 0.163 e. The van der Waals surface area contributed by atoms with Crippen molar-refractivity contribution in [2.45, 2.75) is 13.8 Å². The molecule has 15 heavy (non-hydrogen) atoms. The van der Waals surface area contributed by atoms with E-state index in [9.17, 15) is 4.79 Å². The van der Waals surface area contributed by atoms with Crippen molar-refractivity contribution in [2.75, 3.05) is 6.61 Å². The molecule has 2 nitrogen and oxygen atoms in total. The van der Waals surface area contributed by atoms with Crippen LogP contribution in [0.4, 0.5) is 0 Å². The van der Waals surface area contributed by atoms with Gasteiger partial charge >= 0.3 is 0 Å². The molecule has 0 aliphatic carbocycles. The molecule has 0 saturated carbocycles. The molecule has 0 aromatic heterocycles. The van der Waals surface area contributed by atoms with Crippen molar-refractivity contribution in [2.24, 2.45) is 0 Å². The maximum atomic E-state index is 11.3. The van der Waals surface area contributed by atoms with Gasteiger partial charge in [0.15, 0.2) is 5.78 Å². The van der Waals surface area contributed by atoms with Gasteiger partial charge in [0, 0.05) is 4.48 Å². The number of benzene rings is 1. The van der Waals surface area contributed by atoms with Crippen molar-refractivity contribution < 1.29 is 9.53 Å². The fourth-order valence-corrected chi connectivity index (χ4v) is 1.32. The first-order valence-electron chi connectivity index (χ1n) is 4.58. The van der Waals surface area contributed by atoms with Crippen molar-refractivity contribution >= 4 is 21.7 Å². The van der Waals surface area contributed by atoms with Crippen LogP contribution in [0.25, 0.3) is 0 Å². The molecule has 0 spiro atoms. The molecular weight excluding hydrogens is 256 g/mol. The van der Waals surface area contributed by atoms with Crippen LogP contribution in [0, 0.1) is 6.92 Å². The Hall–Kier alpha value is -1.09. The van der Waals surface area contributed by atoms with Gasteiger partial charge in [-0.1, -0.05) is 34.1 Å². The number of rotatable bonds is 4. The number of ketones is 1. The minimum Gasteiger partial charge on any atom is -0.488 e. The zero-order valence-corrected chi connectivity index (χ0v) is 10.4. The highest BCUT2D eigenvalue weighted by Gasteiger charge is 2.08. The van der Waals surface area contributed by atoms with Gasteiger partial charge in [0.05, 0.1) is 5.56 Å². The van der Waals surface area contributed by atoms with Crippen molar-refractivity contribution in [1.82, 2.24) is 0 Å². The highest BCUT2D eigenvalue weighted by atomic mass is 79.9. The van der Waals surface area contributed by atoms with E-state index in [1.54, 1.807) is 0 Å². The normalized spacial score (nSPS) is 9.80. The Morgan fingerprint density at radius 3 is 2.73 bits per heavy atom. The number of carbonyl (C=O) groups excluding carboxylic acids is 1. The van der Waals surface area contributed by atoms with Crippen LogP contribution in [0.3, 0.4) is 0 Å². The van der Waals surface area contributed by atoms with Crippen LogP contribution in [0.1, 0.15) is 22.8 Å². The van der Waals surface area contributed by atoms with Crippen LogP contribution < -0.4 is 4.74 Å². The monoisotopic (exact) mass is 268 g/mol. The van der Waals surface area contributed by atoms with Crippen LogP contribution in [-0.2, 0) is 0 Å². The van der Waals surface area contributed by atoms with Crippen molar-refractivity contribution in [3.63, 3.8) is 0 Å². The standard InChI is InChI=1S/C12H13BrO2/c1-8-4-5-12(15-7-9(2)13)11(6-8)10(3)14/h4-6H,2,7H2,1,3H3. The molecule has 0 bridgehead atoms. The molecule has 0 atom stereocenters. The van der Waals surface area contributed by atoms with E-state index in [4.69, 9.17) is 4.74 Å². The summed E-state index contributed by atoms with van der Waals surface area (Å²) < 4.78 is 6.20. The van der Waals surface area contributed by atoms with Crippen molar-refractivity contribution in [1.29, 1.82) is 0 Å². The molecule has 1 rings (SSSR count). The number of ether oxygens (including phenoxy) is 1. The number of hydrogen-bond acceptors (Lipinski definition) is 2. The SMILES string of the molecule is C=C(Br)COc1ccc(C)cc1C(C)=O. The van der Waals surface area contributed by atoms with E-state index < -0.39 is 0 Å². The lowest BCUT2D eigenvalue weighted by Crippen LogP contribution is -2.02. The van der Waals surface area contributed by atoms with E-state index >= 15 is 0 Å². The Labute approximate surface area is 98.1 Å². The van der Waals surface area contributed by atoms with E-state index in [0.717, 1.165) is 10.0 Å². The molecule has 0 aliphatic rings. The first-order valence-corrected chi connectivity index (χ1v) is 5.37. The van der Waals surface area contributed by atoms with Crippen LogP contribution in [-0.4, -0.2) is 12.4 Å². The summed E-state index contributed by atoms with van der Waals surface area (Å²) in [5.74, 6) is 0.614. The van der Waals surface area contributed by atoms with Crippen molar-refractivity contribution in [3.8, 4) is 5.75 Å². The molecule has 3 heteroatoms. The van der Waals surface area contributed by atoms with Gasteiger partial charge in [0.1, 0.15) is 12.4 Å². The Balaban J connectivity index is 2.95. The zero-order chi connectivity index (χ0) is 11.4. The van der Waals surface area contributed by atoms with E-state index in [-0.39, 0.29) is 5.78 Å². The summed E-state index contributed by atoms with van der Waals surface area (Å²) in [4.78, 5) is 11.3. The number of hydrogen-bond donors (Lipinski definition) is 0. The third-order valence-corrected chi connectivity index (χ3v) is 2.13. The molecule has 0 heterocycles. The molecule has 1 aromatic carbocycles. The maximum absolute atomic E-state index is 11.3. The quantitative estimate of drug-likeness (QED) is 0.782. The van der Waals surface area contributed by atoms with Gasteiger partial charge in [0.25, 0.3) is 0 Å². The summed E-state index contributed by atoms with van der Waals surface area (Å²) >= 11 is 3.20. The van der Waals surface area contributed by atoms with Crippen molar-refractivity contribution in [3.05, 3.63) is 40.4 Å². The zero-order valence-electron chi connectivity index (χ0n) is 8.84. The third kappa shape index (κ3) is 3.51. The predicted molar refractivity (Wildman–Crippen MR) is 64.7 cm³/mol. The molecule has 0 unspecified atom stereocenters. The predicted octanol–water partition coefficient (Wildman–Crippen LogP) is 3.49. The fraction of sp³-hybridized carbons (Fsp3) is 0.250. The molecule has 0 saturated heterocycles. The Kier molecular flexibility index (Phi) is 4.09. The van der Waals surface area contributed by atoms with Gasteiger partial charge in [0.2, 0.25) is 0 Å². The molecule has 80 valence electrons. The molecule has 0 aliphatic heterocycles. The largest absolute Gasteiger partial charge is 0.488 e. The Morgan fingerprint density at radius 1 is 1.53 bits per heavy atom. The van der Waals surface area contributed by atoms with Gasteiger partial charge in [-0.3, -0.25) is 4.79 Å². The number of Topliss-reactive ketones (excluding diaryl/α,β-unsaturated/α-hetero) is 1. The summed E-state index contributed by atoms with van der Waals surface area (Å²) in [6.45, 7) is 7.51. The first kappa shape index (κ1) is 12.0. The van der Waals surface area contributed by atoms with Crippen LogP contribution in [0.2, 0.25) is 0 Å². The van der Waals surface area contributed by atoms with E-state index in [0.29, 0.717) is 17.9 Å². The molecule has 0 fully saturated rings. The van der Waals surface area contributed by atoms with E-state index in [2.05, 4.69) is 22.5 Å². The number of aryl methyl sites for hydroxylation is 1. The van der Waals surface area contributed by atoms with Crippen LogP contribution in [0.15, 0.2) is 29.3 Å². The highest BCUT2D eigenvalue weighted by Crippen LogP contribution is 2.21. The lowest BCUT2D eigenvalue weighted by Gasteiger charge is -2.09. The topological polar surface area (TPSA) is 26.3 Å². The first-order chi connectivity index (χ1) is 7.00. The summed E-state index contributed by atoms with van der Waals surface area (Å²) in [6.07, 6.45) is 0. The van der Waals surface area contributed by atoms with Gasteiger partial charge in [-0.2, -0.15) is 0 Å². The molecule has 1 aromatic rings. The van der Waals surface area contributed by atoms with Gasteiger partial charge in [-0.15, -0.1) is 0 Å². The van der Waals surface area contributed by atoms with Crippen LogP contribution in [0.5, 0.6) is 5.75 Å². The van der Waals surface area contributed by atoms with E-state index in [1.165, 1.54) is 6.92 Å². The summed E-state index contributed by atoms with van der Waals surface area (Å²) in [6, 6.07) is 5.55.